The van der Waals surface area contributed by atoms with Crippen LogP contribution in [0.5, 0.6) is 0 Å². The van der Waals surface area contributed by atoms with E-state index >= 15 is 0 Å². The van der Waals surface area contributed by atoms with Gasteiger partial charge in [-0.3, -0.25) is 0 Å². The van der Waals surface area contributed by atoms with Gasteiger partial charge in [0.2, 0.25) is 0 Å². The third-order valence-corrected chi connectivity index (χ3v) is 3.20. The van der Waals surface area contributed by atoms with E-state index in [1.807, 2.05) is 37.3 Å². The molecule has 0 fully saturated rings. The van der Waals surface area contributed by atoms with Crippen molar-refractivity contribution in [2.24, 2.45) is 0 Å². The third-order valence-electron chi connectivity index (χ3n) is 2.97. The molecule has 1 unspecified atom stereocenters. The summed E-state index contributed by atoms with van der Waals surface area (Å²) in [5, 5.41) is 14.0. The molecule has 2 aromatic carbocycles. The summed E-state index contributed by atoms with van der Waals surface area (Å²) in [5.41, 5.74) is 9.17. The quantitative estimate of drug-likeness (QED) is 0.751. The molecule has 0 aliphatic rings. The molecule has 0 aliphatic carbocycles. The lowest BCUT2D eigenvalue weighted by Crippen LogP contribution is -2.13. The SMILES string of the molecule is Cc1cc(Cl)ccc1NCC(O)c1cccc(N)c1. The lowest BCUT2D eigenvalue weighted by Gasteiger charge is -2.15. The van der Waals surface area contributed by atoms with Gasteiger partial charge in [-0.25, -0.2) is 0 Å². The summed E-state index contributed by atoms with van der Waals surface area (Å²) >= 11 is 5.90. The molecular weight excluding hydrogens is 260 g/mol. The predicted octanol–water partition coefficient (Wildman–Crippen LogP) is 3.38. The zero-order valence-electron chi connectivity index (χ0n) is 10.7. The van der Waals surface area contributed by atoms with Crippen molar-refractivity contribution in [1.29, 1.82) is 0 Å². The molecule has 4 heteroatoms. The van der Waals surface area contributed by atoms with E-state index in [2.05, 4.69) is 5.32 Å². The Morgan fingerprint density at radius 1 is 1.26 bits per heavy atom. The Bertz CT molecular complexity index is 572. The first kappa shape index (κ1) is 13.7. The molecule has 2 rings (SSSR count). The molecule has 0 heterocycles. The molecule has 100 valence electrons. The number of benzene rings is 2. The van der Waals surface area contributed by atoms with Crippen molar-refractivity contribution >= 4 is 23.0 Å². The summed E-state index contributed by atoms with van der Waals surface area (Å²) < 4.78 is 0. The van der Waals surface area contributed by atoms with Gasteiger partial charge in [-0.05, 0) is 48.4 Å². The summed E-state index contributed by atoms with van der Waals surface area (Å²) in [5.74, 6) is 0. The van der Waals surface area contributed by atoms with Crippen molar-refractivity contribution in [1.82, 2.24) is 0 Å². The molecule has 0 saturated carbocycles. The fourth-order valence-corrected chi connectivity index (χ4v) is 2.14. The highest BCUT2D eigenvalue weighted by atomic mass is 35.5. The number of hydrogen-bond donors (Lipinski definition) is 3. The second kappa shape index (κ2) is 5.95. The van der Waals surface area contributed by atoms with Crippen LogP contribution in [-0.4, -0.2) is 11.7 Å². The number of nitrogens with one attached hydrogen (secondary N) is 1. The van der Waals surface area contributed by atoms with E-state index in [4.69, 9.17) is 17.3 Å². The van der Waals surface area contributed by atoms with Crippen LogP contribution in [0, 0.1) is 6.92 Å². The van der Waals surface area contributed by atoms with E-state index in [1.165, 1.54) is 0 Å². The monoisotopic (exact) mass is 276 g/mol. The molecule has 0 bridgehead atoms. The van der Waals surface area contributed by atoms with Crippen molar-refractivity contribution < 1.29 is 5.11 Å². The Hall–Kier alpha value is -1.71. The number of nitrogens with two attached hydrogens (primary N) is 1. The zero-order valence-corrected chi connectivity index (χ0v) is 11.5. The highest BCUT2D eigenvalue weighted by Gasteiger charge is 2.08. The van der Waals surface area contributed by atoms with Crippen molar-refractivity contribution in [3.63, 3.8) is 0 Å². The second-order valence-electron chi connectivity index (χ2n) is 4.53. The minimum Gasteiger partial charge on any atom is -0.399 e. The number of hydrogen-bond acceptors (Lipinski definition) is 3. The lowest BCUT2D eigenvalue weighted by atomic mass is 10.1. The highest BCUT2D eigenvalue weighted by Crippen LogP contribution is 2.21. The molecule has 0 aromatic heterocycles. The number of anilines is 2. The molecule has 2 aromatic rings. The first-order valence-corrected chi connectivity index (χ1v) is 6.47. The molecule has 4 N–H and O–H groups in total. The van der Waals surface area contributed by atoms with Gasteiger partial charge in [-0.1, -0.05) is 23.7 Å². The van der Waals surface area contributed by atoms with Crippen molar-refractivity contribution in [3.05, 3.63) is 58.6 Å². The van der Waals surface area contributed by atoms with E-state index in [-0.39, 0.29) is 0 Å². The number of aliphatic hydroxyl groups excluding tert-OH is 1. The number of rotatable bonds is 4. The number of aryl methyl sites for hydroxylation is 1. The topological polar surface area (TPSA) is 58.3 Å². The molecule has 0 saturated heterocycles. The Labute approximate surface area is 118 Å². The summed E-state index contributed by atoms with van der Waals surface area (Å²) in [7, 11) is 0. The first-order valence-electron chi connectivity index (χ1n) is 6.10. The molecule has 0 amide bonds. The minimum atomic E-state index is -0.599. The molecule has 1 atom stereocenters. The Morgan fingerprint density at radius 2 is 2.05 bits per heavy atom. The first-order chi connectivity index (χ1) is 9.06. The van der Waals surface area contributed by atoms with Crippen LogP contribution >= 0.6 is 11.6 Å². The van der Waals surface area contributed by atoms with Gasteiger partial charge in [0.05, 0.1) is 6.10 Å². The largest absolute Gasteiger partial charge is 0.399 e. The Kier molecular flexibility index (Phi) is 4.30. The van der Waals surface area contributed by atoms with Crippen LogP contribution in [0.25, 0.3) is 0 Å². The summed E-state index contributed by atoms with van der Waals surface area (Å²) in [6.45, 7) is 2.40. The van der Waals surface area contributed by atoms with E-state index in [0.717, 1.165) is 16.8 Å². The van der Waals surface area contributed by atoms with Gasteiger partial charge < -0.3 is 16.2 Å². The van der Waals surface area contributed by atoms with Crippen LogP contribution in [-0.2, 0) is 0 Å². The fourth-order valence-electron chi connectivity index (χ4n) is 1.92. The zero-order chi connectivity index (χ0) is 13.8. The summed E-state index contributed by atoms with van der Waals surface area (Å²) in [4.78, 5) is 0. The maximum Gasteiger partial charge on any atom is 0.0963 e. The van der Waals surface area contributed by atoms with Crippen LogP contribution in [0.3, 0.4) is 0 Å². The standard InChI is InChI=1S/C15H17ClN2O/c1-10-7-12(16)5-6-14(10)18-9-15(19)11-3-2-4-13(17)8-11/h2-8,15,18-19H,9,17H2,1H3. The van der Waals surface area contributed by atoms with Gasteiger partial charge in [0, 0.05) is 22.9 Å². The highest BCUT2D eigenvalue weighted by molar-refractivity contribution is 6.30. The molecular formula is C15H17ClN2O. The predicted molar refractivity (Wildman–Crippen MR) is 80.5 cm³/mol. The number of nitrogen functional groups attached to an aromatic ring is 1. The molecule has 0 aliphatic heterocycles. The Balaban J connectivity index is 2.02. The smallest absolute Gasteiger partial charge is 0.0963 e. The van der Waals surface area contributed by atoms with Gasteiger partial charge in [-0.15, -0.1) is 0 Å². The van der Waals surface area contributed by atoms with Crippen LogP contribution in [0.4, 0.5) is 11.4 Å². The van der Waals surface area contributed by atoms with Crippen LogP contribution < -0.4 is 11.1 Å². The van der Waals surface area contributed by atoms with Gasteiger partial charge in [-0.2, -0.15) is 0 Å². The maximum absolute atomic E-state index is 10.1. The van der Waals surface area contributed by atoms with Crippen molar-refractivity contribution in [2.45, 2.75) is 13.0 Å². The average Bonchev–Trinajstić information content (AvgIpc) is 2.37. The molecule has 3 nitrogen and oxygen atoms in total. The van der Waals surface area contributed by atoms with Crippen molar-refractivity contribution in [3.8, 4) is 0 Å². The molecule has 19 heavy (non-hydrogen) atoms. The third kappa shape index (κ3) is 3.63. The summed E-state index contributed by atoms with van der Waals surface area (Å²) in [6.07, 6.45) is -0.599. The van der Waals surface area contributed by atoms with Gasteiger partial charge in [0.15, 0.2) is 0 Å². The van der Waals surface area contributed by atoms with Crippen LogP contribution in [0.15, 0.2) is 42.5 Å². The normalized spacial score (nSPS) is 12.2. The average molecular weight is 277 g/mol. The Morgan fingerprint density at radius 3 is 2.74 bits per heavy atom. The van der Waals surface area contributed by atoms with Gasteiger partial charge >= 0.3 is 0 Å². The van der Waals surface area contributed by atoms with E-state index in [0.29, 0.717) is 17.3 Å². The maximum atomic E-state index is 10.1. The van der Waals surface area contributed by atoms with E-state index < -0.39 is 6.10 Å². The molecule has 0 radical (unpaired) electrons. The van der Waals surface area contributed by atoms with Crippen LogP contribution in [0.1, 0.15) is 17.2 Å². The number of halogens is 1. The second-order valence-corrected chi connectivity index (χ2v) is 4.96. The minimum absolute atomic E-state index is 0.423. The fraction of sp³-hybridized carbons (Fsp3) is 0.200. The molecule has 0 spiro atoms. The van der Waals surface area contributed by atoms with E-state index in [1.54, 1.807) is 12.1 Å². The van der Waals surface area contributed by atoms with E-state index in [9.17, 15) is 5.11 Å². The summed E-state index contributed by atoms with van der Waals surface area (Å²) in [6, 6.07) is 12.9. The van der Waals surface area contributed by atoms with Gasteiger partial charge in [0.1, 0.15) is 0 Å². The van der Waals surface area contributed by atoms with Crippen molar-refractivity contribution in [2.75, 3.05) is 17.6 Å². The van der Waals surface area contributed by atoms with Crippen LogP contribution in [0.2, 0.25) is 5.02 Å². The lowest BCUT2D eigenvalue weighted by molar-refractivity contribution is 0.191. The van der Waals surface area contributed by atoms with Gasteiger partial charge in [0.25, 0.3) is 0 Å². The number of aliphatic hydroxyl groups is 1.